The minimum atomic E-state index is -0.412. The fourth-order valence-corrected chi connectivity index (χ4v) is 2.82. The van der Waals surface area contributed by atoms with Gasteiger partial charge in [0.25, 0.3) is 0 Å². The van der Waals surface area contributed by atoms with Gasteiger partial charge in [0.05, 0.1) is 13.5 Å². The van der Waals surface area contributed by atoms with Gasteiger partial charge in [-0.25, -0.2) is 4.79 Å². The molecule has 0 bridgehead atoms. The zero-order valence-corrected chi connectivity index (χ0v) is 12.4. The molecule has 5 heteroatoms. The number of benzene rings is 1. The van der Waals surface area contributed by atoms with Gasteiger partial charge in [0, 0.05) is 11.0 Å². The SMILES string of the molecule is COC(=O)C1CCCN1C(=O)Cc1cccc(Br)c1. The van der Waals surface area contributed by atoms with E-state index < -0.39 is 6.04 Å². The number of carbonyl (C=O) groups is 2. The average molecular weight is 326 g/mol. The Kier molecular flexibility index (Phi) is 4.58. The molecule has 1 atom stereocenters. The Hall–Kier alpha value is -1.36. The lowest BCUT2D eigenvalue weighted by atomic mass is 10.1. The molecule has 0 aromatic heterocycles. The normalized spacial score (nSPS) is 18.4. The monoisotopic (exact) mass is 325 g/mol. The third-order valence-electron chi connectivity index (χ3n) is 3.29. The molecule has 1 fully saturated rings. The molecule has 1 aromatic carbocycles. The Labute approximate surface area is 120 Å². The van der Waals surface area contributed by atoms with Gasteiger partial charge in [-0.15, -0.1) is 0 Å². The molecular formula is C14H16BrNO3. The predicted octanol–water partition coefficient (Wildman–Crippen LogP) is 2.16. The number of ether oxygens (including phenoxy) is 1. The third kappa shape index (κ3) is 3.35. The van der Waals surface area contributed by atoms with Crippen LogP contribution in [0.15, 0.2) is 28.7 Å². The lowest BCUT2D eigenvalue weighted by molar-refractivity contribution is -0.150. The van der Waals surface area contributed by atoms with Crippen LogP contribution < -0.4 is 0 Å². The van der Waals surface area contributed by atoms with Crippen molar-refractivity contribution in [2.45, 2.75) is 25.3 Å². The highest BCUT2D eigenvalue weighted by Crippen LogP contribution is 2.20. The number of nitrogens with zero attached hydrogens (tertiary/aromatic N) is 1. The van der Waals surface area contributed by atoms with Crippen molar-refractivity contribution in [1.29, 1.82) is 0 Å². The van der Waals surface area contributed by atoms with Crippen LogP contribution in [0.1, 0.15) is 18.4 Å². The van der Waals surface area contributed by atoms with Crippen LogP contribution in [0.25, 0.3) is 0 Å². The molecule has 4 nitrogen and oxygen atoms in total. The van der Waals surface area contributed by atoms with Gasteiger partial charge in [0.1, 0.15) is 6.04 Å². The summed E-state index contributed by atoms with van der Waals surface area (Å²) in [4.78, 5) is 25.5. The molecule has 102 valence electrons. The second-order valence-electron chi connectivity index (χ2n) is 4.58. The standard InChI is InChI=1S/C14H16BrNO3/c1-19-14(18)12-6-3-7-16(12)13(17)9-10-4-2-5-11(15)8-10/h2,4-5,8,12H,3,6-7,9H2,1H3. The number of hydrogen-bond acceptors (Lipinski definition) is 3. The first-order valence-electron chi connectivity index (χ1n) is 6.23. The van der Waals surface area contributed by atoms with Gasteiger partial charge in [-0.05, 0) is 30.5 Å². The molecule has 0 N–H and O–H groups in total. The predicted molar refractivity (Wildman–Crippen MR) is 74.6 cm³/mol. The van der Waals surface area contributed by atoms with Crippen molar-refractivity contribution >= 4 is 27.8 Å². The Balaban J connectivity index is 2.05. The number of carbonyl (C=O) groups excluding carboxylic acids is 2. The number of esters is 1. The Bertz CT molecular complexity index is 489. The van der Waals surface area contributed by atoms with Crippen molar-refractivity contribution in [3.8, 4) is 0 Å². The van der Waals surface area contributed by atoms with Crippen LogP contribution >= 0.6 is 15.9 Å². The first-order chi connectivity index (χ1) is 9.11. The van der Waals surface area contributed by atoms with Crippen LogP contribution in [0.3, 0.4) is 0 Å². The molecule has 0 saturated carbocycles. The van der Waals surface area contributed by atoms with Gasteiger partial charge in [-0.3, -0.25) is 4.79 Å². The number of amides is 1. The topological polar surface area (TPSA) is 46.6 Å². The molecule has 19 heavy (non-hydrogen) atoms. The second-order valence-corrected chi connectivity index (χ2v) is 5.49. The number of hydrogen-bond donors (Lipinski definition) is 0. The molecule has 1 unspecified atom stereocenters. The van der Waals surface area contributed by atoms with E-state index in [2.05, 4.69) is 15.9 Å². The van der Waals surface area contributed by atoms with Crippen LogP contribution in [-0.4, -0.2) is 36.5 Å². The highest BCUT2D eigenvalue weighted by Gasteiger charge is 2.34. The van der Waals surface area contributed by atoms with E-state index in [0.717, 1.165) is 16.5 Å². The van der Waals surface area contributed by atoms with Gasteiger partial charge in [0.2, 0.25) is 5.91 Å². The van der Waals surface area contributed by atoms with Crippen LogP contribution in [0.2, 0.25) is 0 Å². The van der Waals surface area contributed by atoms with Gasteiger partial charge >= 0.3 is 5.97 Å². The molecule has 0 radical (unpaired) electrons. The highest BCUT2D eigenvalue weighted by atomic mass is 79.9. The molecule has 1 aliphatic heterocycles. The van der Waals surface area contributed by atoms with E-state index in [4.69, 9.17) is 4.74 Å². The van der Waals surface area contributed by atoms with Gasteiger partial charge in [-0.1, -0.05) is 28.1 Å². The smallest absolute Gasteiger partial charge is 0.328 e. The number of halogens is 1. The minimum absolute atomic E-state index is 0.0222. The molecule has 1 aromatic rings. The largest absolute Gasteiger partial charge is 0.467 e. The van der Waals surface area contributed by atoms with E-state index in [9.17, 15) is 9.59 Å². The number of rotatable bonds is 3. The molecule has 2 rings (SSSR count). The highest BCUT2D eigenvalue weighted by molar-refractivity contribution is 9.10. The average Bonchev–Trinajstić information content (AvgIpc) is 2.87. The van der Waals surface area contributed by atoms with Gasteiger partial charge < -0.3 is 9.64 Å². The lowest BCUT2D eigenvalue weighted by Crippen LogP contribution is -2.41. The van der Waals surface area contributed by atoms with Crippen molar-refractivity contribution < 1.29 is 14.3 Å². The summed E-state index contributed by atoms with van der Waals surface area (Å²) in [6.45, 7) is 0.632. The molecule has 1 aliphatic rings. The Morgan fingerprint density at radius 1 is 1.47 bits per heavy atom. The van der Waals surface area contributed by atoms with Gasteiger partial charge in [-0.2, -0.15) is 0 Å². The molecule has 0 spiro atoms. The summed E-state index contributed by atoms with van der Waals surface area (Å²) in [6.07, 6.45) is 1.85. The van der Waals surface area contributed by atoms with Crippen molar-refractivity contribution in [3.63, 3.8) is 0 Å². The Morgan fingerprint density at radius 3 is 2.95 bits per heavy atom. The second kappa shape index (κ2) is 6.19. The van der Waals surface area contributed by atoms with Crippen LogP contribution in [0.5, 0.6) is 0 Å². The van der Waals surface area contributed by atoms with E-state index >= 15 is 0 Å². The molecule has 1 amide bonds. The molecular weight excluding hydrogens is 310 g/mol. The van der Waals surface area contributed by atoms with Crippen LogP contribution in [0, 0.1) is 0 Å². The van der Waals surface area contributed by atoms with E-state index in [1.54, 1.807) is 4.90 Å². The van der Waals surface area contributed by atoms with Crippen molar-refractivity contribution in [2.24, 2.45) is 0 Å². The van der Waals surface area contributed by atoms with E-state index in [-0.39, 0.29) is 11.9 Å². The zero-order valence-electron chi connectivity index (χ0n) is 10.8. The zero-order chi connectivity index (χ0) is 13.8. The summed E-state index contributed by atoms with van der Waals surface area (Å²) in [6, 6.07) is 7.23. The first-order valence-corrected chi connectivity index (χ1v) is 7.03. The van der Waals surface area contributed by atoms with Crippen molar-refractivity contribution in [1.82, 2.24) is 4.90 Å². The Morgan fingerprint density at radius 2 is 2.26 bits per heavy atom. The molecule has 1 saturated heterocycles. The summed E-state index contributed by atoms with van der Waals surface area (Å²) in [5.74, 6) is -0.342. The minimum Gasteiger partial charge on any atom is -0.467 e. The maximum atomic E-state index is 12.3. The maximum Gasteiger partial charge on any atom is 0.328 e. The summed E-state index contributed by atoms with van der Waals surface area (Å²) < 4.78 is 5.69. The molecule has 0 aliphatic carbocycles. The number of likely N-dealkylation sites (tertiary alicyclic amines) is 1. The maximum absolute atomic E-state index is 12.3. The van der Waals surface area contributed by atoms with Crippen molar-refractivity contribution in [2.75, 3.05) is 13.7 Å². The van der Waals surface area contributed by atoms with E-state index in [1.165, 1.54) is 7.11 Å². The third-order valence-corrected chi connectivity index (χ3v) is 3.78. The van der Waals surface area contributed by atoms with Crippen LogP contribution in [-0.2, 0) is 20.7 Å². The summed E-state index contributed by atoms with van der Waals surface area (Å²) in [5, 5.41) is 0. The fraction of sp³-hybridized carbons (Fsp3) is 0.429. The van der Waals surface area contributed by atoms with E-state index in [0.29, 0.717) is 19.4 Å². The quantitative estimate of drug-likeness (QED) is 0.800. The molecule has 1 heterocycles. The van der Waals surface area contributed by atoms with Gasteiger partial charge in [0.15, 0.2) is 0 Å². The summed E-state index contributed by atoms with van der Waals surface area (Å²) >= 11 is 3.38. The lowest BCUT2D eigenvalue weighted by Gasteiger charge is -2.22. The summed E-state index contributed by atoms with van der Waals surface area (Å²) in [5.41, 5.74) is 0.940. The van der Waals surface area contributed by atoms with Crippen molar-refractivity contribution in [3.05, 3.63) is 34.3 Å². The fourth-order valence-electron chi connectivity index (χ4n) is 2.37. The number of methoxy groups -OCH3 is 1. The van der Waals surface area contributed by atoms with Crippen LogP contribution in [0.4, 0.5) is 0 Å². The van der Waals surface area contributed by atoms with E-state index in [1.807, 2.05) is 24.3 Å². The first kappa shape index (κ1) is 14.1. The summed E-state index contributed by atoms with van der Waals surface area (Å²) in [7, 11) is 1.36.